The second-order valence-electron chi connectivity index (χ2n) is 10.7. The quantitative estimate of drug-likeness (QED) is 0.188. The Balaban J connectivity index is 1.49. The van der Waals surface area contributed by atoms with Crippen LogP contribution in [0.3, 0.4) is 0 Å². The number of carboxylic acid groups (broad SMARTS) is 1. The van der Waals surface area contributed by atoms with Crippen molar-refractivity contribution in [2.24, 2.45) is 0 Å². The van der Waals surface area contributed by atoms with Crippen LogP contribution in [0.25, 0.3) is 66.3 Å². The zero-order valence-electron chi connectivity index (χ0n) is 23.2. The maximum Gasteiger partial charge on any atom is 0.335 e. The first kappa shape index (κ1) is 25.2. The number of furan rings is 1. The van der Waals surface area contributed by atoms with E-state index >= 15 is 0 Å². The fraction of sp³-hybridized carbons (Fsp3) is 0.235. The molecule has 0 saturated heterocycles. The number of unbranched alkanes of at least 4 members (excludes halogenated alkanes) is 2. The Morgan fingerprint density at radius 2 is 1.63 bits per heavy atom. The number of H-pyrrole nitrogens is 1. The van der Waals surface area contributed by atoms with Crippen molar-refractivity contribution in [2.75, 3.05) is 18.0 Å². The first-order valence-corrected chi connectivity index (χ1v) is 14.3. The molecule has 206 valence electrons. The Labute approximate surface area is 236 Å². The Kier molecular flexibility index (Phi) is 6.15. The number of nitrogens with one attached hydrogen (secondary N) is 1. The normalized spacial score (nSPS) is 12.0. The number of benzene rings is 4. The number of fused-ring (bicyclic) bond motifs is 10. The van der Waals surface area contributed by atoms with Crippen molar-refractivity contribution in [1.29, 1.82) is 0 Å². The lowest BCUT2D eigenvalue weighted by Gasteiger charge is -2.24. The third-order valence-electron chi connectivity index (χ3n) is 8.01. The topological polar surface area (TPSA) is 95.5 Å². The summed E-state index contributed by atoms with van der Waals surface area (Å²) in [6.07, 6.45) is 4.59. The summed E-state index contributed by atoms with van der Waals surface area (Å²) in [5.41, 5.74) is 6.73. The number of aromatic nitrogens is 2. The van der Waals surface area contributed by atoms with Gasteiger partial charge in [-0.1, -0.05) is 44.9 Å². The van der Waals surface area contributed by atoms with E-state index in [0.717, 1.165) is 76.9 Å². The number of carbonyl (C=O) groups is 1. The minimum atomic E-state index is -0.972. The van der Waals surface area contributed by atoms with Crippen LogP contribution in [-0.4, -0.2) is 34.1 Å². The molecule has 0 saturated carbocycles. The van der Waals surface area contributed by atoms with Gasteiger partial charge in [-0.15, -0.1) is 0 Å². The molecule has 0 aliphatic rings. The van der Waals surface area contributed by atoms with Crippen molar-refractivity contribution >= 4 is 66.5 Å². The third kappa shape index (κ3) is 4.11. The molecule has 7 aromatic rings. The van der Waals surface area contributed by atoms with E-state index in [9.17, 15) is 9.90 Å². The van der Waals surface area contributed by atoms with Crippen LogP contribution in [0, 0.1) is 0 Å². The predicted octanol–water partition coefficient (Wildman–Crippen LogP) is 9.13. The molecule has 7 nitrogen and oxygen atoms in total. The summed E-state index contributed by atoms with van der Waals surface area (Å²) < 4.78 is 13.0. The van der Waals surface area contributed by atoms with Gasteiger partial charge in [0.25, 0.3) is 0 Å². The smallest absolute Gasteiger partial charge is 0.335 e. The molecular weight excluding hydrogens is 514 g/mol. The van der Waals surface area contributed by atoms with Gasteiger partial charge < -0.3 is 23.8 Å². The van der Waals surface area contributed by atoms with E-state index in [1.165, 1.54) is 5.69 Å². The highest BCUT2D eigenvalue weighted by molar-refractivity contribution is 6.34. The summed E-state index contributed by atoms with van der Waals surface area (Å²) in [4.78, 5) is 22.3. The largest absolute Gasteiger partial charge is 0.478 e. The van der Waals surface area contributed by atoms with E-state index in [1.54, 1.807) is 24.3 Å². The lowest BCUT2D eigenvalue weighted by atomic mass is 10.0. The van der Waals surface area contributed by atoms with Gasteiger partial charge in [0.05, 0.1) is 11.1 Å². The van der Waals surface area contributed by atoms with Gasteiger partial charge in [-0.3, -0.25) is 0 Å². The maximum atomic E-state index is 11.4. The summed E-state index contributed by atoms with van der Waals surface area (Å²) in [7, 11) is 0. The first-order valence-electron chi connectivity index (χ1n) is 14.3. The van der Waals surface area contributed by atoms with Crippen LogP contribution in [0.2, 0.25) is 0 Å². The van der Waals surface area contributed by atoms with Gasteiger partial charge in [0.2, 0.25) is 11.5 Å². The molecule has 0 bridgehead atoms. The van der Waals surface area contributed by atoms with Crippen molar-refractivity contribution < 1.29 is 18.7 Å². The Morgan fingerprint density at radius 1 is 0.878 bits per heavy atom. The minimum absolute atomic E-state index is 0.213. The van der Waals surface area contributed by atoms with Crippen LogP contribution < -0.4 is 4.90 Å². The number of nitrogens with zero attached hydrogens (tertiary/aromatic N) is 2. The molecular formula is C34H31N3O4. The summed E-state index contributed by atoms with van der Waals surface area (Å²) in [5.74, 6) is -0.559. The number of aromatic carboxylic acids is 1. The van der Waals surface area contributed by atoms with Gasteiger partial charge in [-0.2, -0.15) is 0 Å². The molecule has 2 N–H and O–H groups in total. The Morgan fingerprint density at radius 3 is 2.37 bits per heavy atom. The third-order valence-corrected chi connectivity index (χ3v) is 8.01. The molecule has 0 radical (unpaired) electrons. The summed E-state index contributed by atoms with van der Waals surface area (Å²) in [6, 6.07) is 21.4. The van der Waals surface area contributed by atoms with Gasteiger partial charge >= 0.3 is 5.97 Å². The Hall–Kier alpha value is -4.78. The molecule has 41 heavy (non-hydrogen) atoms. The summed E-state index contributed by atoms with van der Waals surface area (Å²) in [5, 5.41) is 13.5. The van der Waals surface area contributed by atoms with E-state index in [0.29, 0.717) is 28.1 Å². The SMILES string of the molecule is CCCCN(CCCC)c1ccc2c(c1)oc1c3oc(-c4ccc(C(=O)O)cc4)nc3c3[nH]c4ccccc4c3c21. The zero-order valence-corrected chi connectivity index (χ0v) is 23.2. The fourth-order valence-corrected chi connectivity index (χ4v) is 5.86. The number of anilines is 1. The van der Waals surface area contributed by atoms with Gasteiger partial charge in [0.1, 0.15) is 11.1 Å². The zero-order chi connectivity index (χ0) is 28.1. The van der Waals surface area contributed by atoms with Crippen molar-refractivity contribution in [3.8, 4) is 11.5 Å². The number of oxazole rings is 1. The van der Waals surface area contributed by atoms with Crippen LogP contribution in [0.15, 0.2) is 75.6 Å². The average Bonchev–Trinajstić information content (AvgIpc) is 3.70. The standard InChI is InChI=1S/C34H31N3O4/c1-3-5-17-37(18-6-4-2)22-15-16-24-26(19-22)40-31-28(24)27-23-9-7-8-10-25(23)35-29(27)30-32(31)41-33(36-30)20-11-13-21(14-12-20)34(38)39/h7-16,19,35H,3-6,17-18H2,1-2H3,(H,38,39). The van der Waals surface area contributed by atoms with Crippen molar-refractivity contribution in [1.82, 2.24) is 9.97 Å². The van der Waals surface area contributed by atoms with E-state index in [-0.39, 0.29) is 5.56 Å². The maximum absolute atomic E-state index is 11.4. The second kappa shape index (κ2) is 10.0. The highest BCUT2D eigenvalue weighted by Gasteiger charge is 2.24. The van der Waals surface area contributed by atoms with Crippen LogP contribution in [0.5, 0.6) is 0 Å². The van der Waals surface area contributed by atoms with Gasteiger partial charge in [0, 0.05) is 57.5 Å². The van der Waals surface area contributed by atoms with Crippen LogP contribution in [-0.2, 0) is 0 Å². The summed E-state index contributed by atoms with van der Waals surface area (Å²) >= 11 is 0. The average molecular weight is 546 g/mol. The highest BCUT2D eigenvalue weighted by atomic mass is 16.4. The molecule has 4 aromatic carbocycles. The summed E-state index contributed by atoms with van der Waals surface area (Å²) in [6.45, 7) is 6.49. The minimum Gasteiger partial charge on any atom is -0.478 e. The van der Waals surface area contributed by atoms with Crippen LogP contribution >= 0.6 is 0 Å². The lowest BCUT2D eigenvalue weighted by molar-refractivity contribution is 0.0697. The number of carboxylic acids is 1. The molecule has 0 spiro atoms. The monoisotopic (exact) mass is 545 g/mol. The fourth-order valence-electron chi connectivity index (χ4n) is 5.86. The number of hydrogen-bond acceptors (Lipinski definition) is 5. The van der Waals surface area contributed by atoms with Crippen molar-refractivity contribution in [3.05, 3.63) is 72.3 Å². The van der Waals surface area contributed by atoms with E-state index in [1.807, 2.05) is 12.1 Å². The van der Waals surface area contributed by atoms with E-state index in [4.69, 9.17) is 13.8 Å². The highest BCUT2D eigenvalue weighted by Crippen LogP contribution is 2.45. The molecule has 0 unspecified atom stereocenters. The second-order valence-corrected chi connectivity index (χ2v) is 10.7. The lowest BCUT2D eigenvalue weighted by Crippen LogP contribution is -2.25. The molecule has 0 atom stereocenters. The number of aromatic amines is 1. The first-order chi connectivity index (χ1) is 20.1. The van der Waals surface area contributed by atoms with Crippen molar-refractivity contribution in [2.45, 2.75) is 39.5 Å². The molecule has 0 fully saturated rings. The van der Waals surface area contributed by atoms with E-state index < -0.39 is 5.97 Å². The molecule has 0 amide bonds. The van der Waals surface area contributed by atoms with E-state index in [2.05, 4.69) is 54.1 Å². The molecule has 0 aliphatic carbocycles. The van der Waals surface area contributed by atoms with Gasteiger partial charge in [-0.05, 0) is 55.3 Å². The predicted molar refractivity (Wildman–Crippen MR) is 165 cm³/mol. The van der Waals surface area contributed by atoms with Gasteiger partial charge in [0.15, 0.2) is 5.58 Å². The number of hydrogen-bond donors (Lipinski definition) is 2. The molecule has 7 rings (SSSR count). The van der Waals surface area contributed by atoms with Gasteiger partial charge in [-0.25, -0.2) is 9.78 Å². The Bertz CT molecular complexity index is 2060. The van der Waals surface area contributed by atoms with Crippen LogP contribution in [0.4, 0.5) is 5.69 Å². The van der Waals surface area contributed by atoms with Crippen LogP contribution in [0.1, 0.15) is 49.9 Å². The molecule has 3 aromatic heterocycles. The number of rotatable bonds is 9. The molecule has 0 aliphatic heterocycles. The number of para-hydroxylation sites is 1. The van der Waals surface area contributed by atoms with Crippen molar-refractivity contribution in [3.63, 3.8) is 0 Å². The molecule has 7 heteroatoms. The molecule has 3 heterocycles.